The number of likely N-dealkylation sites (tertiary alicyclic amines) is 1. The Morgan fingerprint density at radius 2 is 2.28 bits per heavy atom. The largest absolute Gasteiger partial charge is 0.322 e. The minimum Gasteiger partial charge on any atom is -0.308 e. The third kappa shape index (κ3) is 2.41. The Kier molecular flexibility index (Phi) is 3.45. The van der Waals surface area contributed by atoms with Crippen LogP contribution < -0.4 is 5.32 Å². The molecule has 1 aliphatic heterocycles. The lowest BCUT2D eigenvalue weighted by Gasteiger charge is -2.19. The molecule has 0 aromatic heterocycles. The van der Waals surface area contributed by atoms with E-state index in [1.54, 1.807) is 24.3 Å². The number of carbonyl (C=O) groups is 1. The van der Waals surface area contributed by atoms with E-state index in [1.165, 1.54) is 4.90 Å². The number of nitriles is 2. The monoisotopic (exact) mass is 240 g/mol. The van der Waals surface area contributed by atoms with Crippen molar-refractivity contribution in [2.24, 2.45) is 0 Å². The number of nitrogens with zero attached hydrogens (tertiary/aromatic N) is 3. The molecule has 1 aromatic rings. The van der Waals surface area contributed by atoms with Crippen LogP contribution in [0.2, 0.25) is 0 Å². The third-order valence-electron chi connectivity index (χ3n) is 2.91. The highest BCUT2D eigenvalue weighted by Gasteiger charge is 2.28. The summed E-state index contributed by atoms with van der Waals surface area (Å²) < 4.78 is 0. The number of benzene rings is 1. The molecule has 1 aromatic carbocycles. The number of urea groups is 1. The van der Waals surface area contributed by atoms with E-state index in [2.05, 4.69) is 11.4 Å². The maximum atomic E-state index is 12.0. The molecule has 0 aliphatic carbocycles. The minimum absolute atomic E-state index is 0.283. The van der Waals surface area contributed by atoms with Gasteiger partial charge in [0.1, 0.15) is 6.04 Å². The van der Waals surface area contributed by atoms with E-state index in [9.17, 15) is 4.79 Å². The molecule has 5 nitrogen and oxygen atoms in total. The maximum Gasteiger partial charge on any atom is 0.322 e. The fourth-order valence-electron chi connectivity index (χ4n) is 2.01. The normalized spacial score (nSPS) is 17.9. The number of hydrogen-bond acceptors (Lipinski definition) is 3. The van der Waals surface area contributed by atoms with Crippen LogP contribution in [0.1, 0.15) is 18.4 Å². The molecule has 2 amide bonds. The van der Waals surface area contributed by atoms with Gasteiger partial charge in [-0.25, -0.2) is 4.79 Å². The van der Waals surface area contributed by atoms with Crippen LogP contribution in [0.25, 0.3) is 0 Å². The number of nitrogens with one attached hydrogen (secondary N) is 1. The molecule has 1 N–H and O–H groups in total. The van der Waals surface area contributed by atoms with Crippen LogP contribution >= 0.6 is 0 Å². The number of hydrogen-bond donors (Lipinski definition) is 1. The Balaban J connectivity index is 2.07. The summed E-state index contributed by atoms with van der Waals surface area (Å²) in [6.45, 7) is 0.599. The van der Waals surface area contributed by atoms with Crippen LogP contribution in [-0.4, -0.2) is 23.5 Å². The number of anilines is 1. The summed E-state index contributed by atoms with van der Waals surface area (Å²) in [6, 6.07) is 10.2. The Labute approximate surface area is 105 Å². The predicted molar refractivity (Wildman–Crippen MR) is 65.5 cm³/mol. The van der Waals surface area contributed by atoms with E-state index < -0.39 is 0 Å². The molecule has 0 spiro atoms. The second-order valence-electron chi connectivity index (χ2n) is 4.10. The molecule has 2 rings (SSSR count). The van der Waals surface area contributed by atoms with Crippen LogP contribution in [0.4, 0.5) is 10.5 Å². The van der Waals surface area contributed by atoms with Crippen LogP contribution in [-0.2, 0) is 0 Å². The van der Waals surface area contributed by atoms with E-state index in [-0.39, 0.29) is 12.1 Å². The summed E-state index contributed by atoms with van der Waals surface area (Å²) in [7, 11) is 0. The lowest BCUT2D eigenvalue weighted by Crippen LogP contribution is -2.37. The highest BCUT2D eigenvalue weighted by atomic mass is 16.2. The van der Waals surface area contributed by atoms with Gasteiger partial charge >= 0.3 is 6.03 Å². The first-order valence-electron chi connectivity index (χ1n) is 5.72. The van der Waals surface area contributed by atoms with Crippen molar-refractivity contribution < 1.29 is 4.79 Å². The van der Waals surface area contributed by atoms with Crippen LogP contribution in [0.5, 0.6) is 0 Å². The van der Waals surface area contributed by atoms with Gasteiger partial charge < -0.3 is 10.2 Å². The zero-order valence-electron chi connectivity index (χ0n) is 9.76. The first-order chi connectivity index (χ1) is 8.74. The number of carbonyl (C=O) groups excluding carboxylic acids is 1. The highest BCUT2D eigenvalue weighted by molar-refractivity contribution is 5.90. The second-order valence-corrected chi connectivity index (χ2v) is 4.10. The van der Waals surface area contributed by atoms with Crippen LogP contribution in [0, 0.1) is 22.7 Å². The zero-order chi connectivity index (χ0) is 13.0. The molecule has 1 heterocycles. The number of rotatable bonds is 1. The summed E-state index contributed by atoms with van der Waals surface area (Å²) in [4.78, 5) is 13.5. The number of amides is 2. The van der Waals surface area contributed by atoms with Crippen molar-refractivity contribution in [2.75, 3.05) is 11.9 Å². The summed E-state index contributed by atoms with van der Waals surface area (Å²) in [6.07, 6.45) is 1.58. The van der Waals surface area contributed by atoms with Gasteiger partial charge in [-0.1, -0.05) is 6.07 Å². The molecule has 18 heavy (non-hydrogen) atoms. The molecule has 0 saturated carbocycles. The average Bonchev–Trinajstić information content (AvgIpc) is 2.87. The van der Waals surface area contributed by atoms with Crippen molar-refractivity contribution in [3.05, 3.63) is 29.8 Å². The zero-order valence-corrected chi connectivity index (χ0v) is 9.76. The highest BCUT2D eigenvalue weighted by Crippen LogP contribution is 2.18. The summed E-state index contributed by atoms with van der Waals surface area (Å²) >= 11 is 0. The Bertz CT molecular complexity index is 541. The first-order valence-corrected chi connectivity index (χ1v) is 5.72. The van der Waals surface area contributed by atoms with Crippen molar-refractivity contribution in [3.63, 3.8) is 0 Å². The van der Waals surface area contributed by atoms with Gasteiger partial charge in [-0.05, 0) is 31.0 Å². The van der Waals surface area contributed by atoms with Crippen LogP contribution in [0.3, 0.4) is 0 Å². The van der Waals surface area contributed by atoms with Gasteiger partial charge in [0.15, 0.2) is 0 Å². The molecule has 1 aliphatic rings. The average molecular weight is 240 g/mol. The Hall–Kier alpha value is -2.53. The maximum absolute atomic E-state index is 12.0. The fraction of sp³-hybridized carbons (Fsp3) is 0.308. The van der Waals surface area contributed by atoms with Crippen molar-refractivity contribution in [1.82, 2.24) is 4.90 Å². The first kappa shape index (κ1) is 11.9. The molecule has 1 unspecified atom stereocenters. The molecule has 5 heteroatoms. The molecule has 0 radical (unpaired) electrons. The van der Waals surface area contributed by atoms with Gasteiger partial charge in [0.2, 0.25) is 0 Å². The molecule has 1 atom stereocenters. The van der Waals surface area contributed by atoms with E-state index in [4.69, 9.17) is 10.5 Å². The Morgan fingerprint density at radius 3 is 3.00 bits per heavy atom. The quantitative estimate of drug-likeness (QED) is 0.816. The molecule has 90 valence electrons. The minimum atomic E-state index is -0.343. The second kappa shape index (κ2) is 5.20. The summed E-state index contributed by atoms with van der Waals surface area (Å²) in [5.41, 5.74) is 1.06. The van der Waals surface area contributed by atoms with Gasteiger partial charge in [0, 0.05) is 12.2 Å². The van der Waals surface area contributed by atoms with Crippen molar-refractivity contribution in [3.8, 4) is 12.1 Å². The topological polar surface area (TPSA) is 79.9 Å². The van der Waals surface area contributed by atoms with Gasteiger partial charge in [-0.3, -0.25) is 0 Å². The molecule has 0 bridgehead atoms. The van der Waals surface area contributed by atoms with Gasteiger partial charge in [-0.15, -0.1) is 0 Å². The molecule has 1 fully saturated rings. The van der Waals surface area contributed by atoms with Crippen molar-refractivity contribution in [1.29, 1.82) is 10.5 Å². The standard InChI is InChI=1S/C13H12N4O/c14-8-10-3-1-4-11(7-10)16-13(18)17-6-2-5-12(17)9-15/h1,3-4,7,12H,2,5-6H2,(H,16,18). The van der Waals surface area contributed by atoms with E-state index in [1.807, 2.05) is 6.07 Å². The van der Waals surface area contributed by atoms with E-state index in [0.717, 1.165) is 12.8 Å². The lowest BCUT2D eigenvalue weighted by molar-refractivity contribution is 0.215. The summed E-state index contributed by atoms with van der Waals surface area (Å²) in [5.74, 6) is 0. The Morgan fingerprint density at radius 1 is 1.44 bits per heavy atom. The molecular weight excluding hydrogens is 228 g/mol. The SMILES string of the molecule is N#Cc1cccc(NC(=O)N2CCCC2C#N)c1. The predicted octanol–water partition coefficient (Wildman–Crippen LogP) is 2.08. The van der Waals surface area contributed by atoms with Gasteiger partial charge in [-0.2, -0.15) is 10.5 Å². The van der Waals surface area contributed by atoms with E-state index in [0.29, 0.717) is 17.8 Å². The summed E-state index contributed by atoms with van der Waals surface area (Å²) in [5, 5.41) is 20.4. The molecular formula is C13H12N4O. The fourth-order valence-corrected chi connectivity index (χ4v) is 2.01. The van der Waals surface area contributed by atoms with E-state index >= 15 is 0 Å². The van der Waals surface area contributed by atoms with Crippen molar-refractivity contribution >= 4 is 11.7 Å². The van der Waals surface area contributed by atoms with Crippen molar-refractivity contribution in [2.45, 2.75) is 18.9 Å². The van der Waals surface area contributed by atoms with Gasteiger partial charge in [0.05, 0.1) is 17.7 Å². The lowest BCUT2D eigenvalue weighted by atomic mass is 10.2. The molecule has 1 saturated heterocycles. The third-order valence-corrected chi connectivity index (χ3v) is 2.91. The smallest absolute Gasteiger partial charge is 0.308 e. The van der Waals surface area contributed by atoms with Crippen LogP contribution in [0.15, 0.2) is 24.3 Å². The van der Waals surface area contributed by atoms with Gasteiger partial charge in [0.25, 0.3) is 0 Å².